The van der Waals surface area contributed by atoms with Crippen molar-refractivity contribution >= 4 is 29.1 Å². The normalized spacial score (nSPS) is 23.1. The van der Waals surface area contributed by atoms with Crippen molar-refractivity contribution < 1.29 is 4.79 Å². The highest BCUT2D eigenvalue weighted by Crippen LogP contribution is 2.25. The van der Waals surface area contributed by atoms with E-state index in [-0.39, 0.29) is 11.3 Å². The zero-order valence-corrected chi connectivity index (χ0v) is 12.4. The molecule has 1 unspecified atom stereocenters. The molecule has 1 fully saturated rings. The Kier molecular flexibility index (Phi) is 4.71. The van der Waals surface area contributed by atoms with Crippen LogP contribution in [0.25, 0.3) is 0 Å². The maximum Gasteiger partial charge on any atom is 0.252 e. The lowest BCUT2D eigenvalue weighted by Gasteiger charge is -2.34. The summed E-state index contributed by atoms with van der Waals surface area (Å²) in [7, 11) is 0. The fourth-order valence-electron chi connectivity index (χ4n) is 2.33. The second-order valence-corrected chi connectivity index (χ2v) is 6.24. The van der Waals surface area contributed by atoms with Crippen LogP contribution in [0.5, 0.6) is 0 Å². The van der Waals surface area contributed by atoms with Gasteiger partial charge in [-0.2, -0.15) is 0 Å². The molecule has 0 spiro atoms. The quantitative estimate of drug-likeness (QED) is 0.900. The second kappa shape index (κ2) is 6.12. The van der Waals surface area contributed by atoms with Gasteiger partial charge in [-0.1, -0.05) is 30.1 Å². The van der Waals surface area contributed by atoms with E-state index < -0.39 is 0 Å². The molecule has 1 heterocycles. The van der Waals surface area contributed by atoms with Gasteiger partial charge in [-0.3, -0.25) is 4.79 Å². The second-order valence-electron chi connectivity index (χ2n) is 5.40. The maximum absolute atomic E-state index is 12.1. The van der Waals surface area contributed by atoms with Gasteiger partial charge in [-0.25, -0.2) is 0 Å². The number of halogens is 2. The molecule has 104 valence electrons. The molecule has 0 bridgehead atoms. The third-order valence-corrected chi connectivity index (χ3v) is 4.08. The highest BCUT2D eigenvalue weighted by atomic mass is 35.5. The van der Waals surface area contributed by atoms with Gasteiger partial charge < -0.3 is 10.6 Å². The minimum atomic E-state index is -0.145. The van der Waals surface area contributed by atoms with Gasteiger partial charge in [0.05, 0.1) is 10.6 Å². The molecular formula is C14H18Cl2N2O. The topological polar surface area (TPSA) is 41.1 Å². The Morgan fingerprint density at radius 3 is 2.89 bits per heavy atom. The third kappa shape index (κ3) is 3.85. The van der Waals surface area contributed by atoms with Crippen LogP contribution in [0.4, 0.5) is 0 Å². The summed E-state index contributed by atoms with van der Waals surface area (Å²) in [6, 6.07) is 4.91. The van der Waals surface area contributed by atoms with Crippen molar-refractivity contribution in [3.8, 4) is 0 Å². The number of hydrogen-bond acceptors (Lipinski definition) is 2. The van der Waals surface area contributed by atoms with Crippen LogP contribution < -0.4 is 10.6 Å². The largest absolute Gasteiger partial charge is 0.351 e. The molecule has 0 aliphatic carbocycles. The minimum Gasteiger partial charge on any atom is -0.351 e. The molecule has 1 aromatic rings. The van der Waals surface area contributed by atoms with Crippen LogP contribution in [0.15, 0.2) is 18.2 Å². The van der Waals surface area contributed by atoms with E-state index in [0.29, 0.717) is 22.2 Å². The zero-order valence-electron chi connectivity index (χ0n) is 10.9. The van der Waals surface area contributed by atoms with Crippen molar-refractivity contribution in [1.82, 2.24) is 10.6 Å². The van der Waals surface area contributed by atoms with Crippen molar-refractivity contribution in [2.24, 2.45) is 5.41 Å². The van der Waals surface area contributed by atoms with Crippen LogP contribution in [0.2, 0.25) is 10.0 Å². The van der Waals surface area contributed by atoms with E-state index >= 15 is 0 Å². The molecule has 1 aromatic carbocycles. The third-order valence-electron chi connectivity index (χ3n) is 3.54. The number of piperidine rings is 1. The minimum absolute atomic E-state index is 0.118. The monoisotopic (exact) mass is 300 g/mol. The lowest BCUT2D eigenvalue weighted by atomic mass is 9.83. The Bertz CT molecular complexity index is 471. The molecule has 1 aliphatic rings. The molecule has 0 saturated carbocycles. The summed E-state index contributed by atoms with van der Waals surface area (Å²) < 4.78 is 0. The summed E-state index contributed by atoms with van der Waals surface area (Å²) in [6.07, 6.45) is 2.27. The Morgan fingerprint density at radius 1 is 1.47 bits per heavy atom. The first kappa shape index (κ1) is 14.6. The summed E-state index contributed by atoms with van der Waals surface area (Å²) in [4.78, 5) is 12.1. The molecule has 3 nitrogen and oxygen atoms in total. The molecule has 1 saturated heterocycles. The van der Waals surface area contributed by atoms with Crippen molar-refractivity contribution in [3.05, 3.63) is 33.8 Å². The molecule has 5 heteroatoms. The van der Waals surface area contributed by atoms with Gasteiger partial charge in [0.25, 0.3) is 5.91 Å². The van der Waals surface area contributed by atoms with Gasteiger partial charge in [-0.15, -0.1) is 0 Å². The highest BCUT2D eigenvalue weighted by Gasteiger charge is 2.27. The maximum atomic E-state index is 12.1. The fourth-order valence-corrected chi connectivity index (χ4v) is 2.83. The van der Waals surface area contributed by atoms with E-state index in [4.69, 9.17) is 23.2 Å². The van der Waals surface area contributed by atoms with Crippen LogP contribution in [-0.4, -0.2) is 25.5 Å². The summed E-state index contributed by atoms with van der Waals surface area (Å²) in [5, 5.41) is 7.24. The SMILES string of the molecule is CC1(CNC(=O)c2ccc(Cl)cc2Cl)CCCNC1. The standard InChI is InChI=1S/C14H18Cl2N2O/c1-14(5-2-6-17-8-14)9-18-13(19)11-4-3-10(15)7-12(11)16/h3-4,7,17H,2,5-6,8-9H2,1H3,(H,18,19). The Balaban J connectivity index is 1.97. The number of benzene rings is 1. The highest BCUT2D eigenvalue weighted by molar-refractivity contribution is 6.36. The smallest absolute Gasteiger partial charge is 0.252 e. The number of carbonyl (C=O) groups excluding carboxylic acids is 1. The molecule has 2 rings (SSSR count). The summed E-state index contributed by atoms with van der Waals surface area (Å²) in [5.41, 5.74) is 0.589. The molecular weight excluding hydrogens is 283 g/mol. The number of rotatable bonds is 3. The average molecular weight is 301 g/mol. The van der Waals surface area contributed by atoms with Gasteiger partial charge in [0.2, 0.25) is 0 Å². The van der Waals surface area contributed by atoms with E-state index in [2.05, 4.69) is 17.6 Å². The predicted octanol–water partition coefficient (Wildman–Crippen LogP) is 3.11. The van der Waals surface area contributed by atoms with E-state index in [1.807, 2.05) is 0 Å². The van der Waals surface area contributed by atoms with Crippen molar-refractivity contribution in [3.63, 3.8) is 0 Å². The fraction of sp³-hybridized carbons (Fsp3) is 0.500. The number of nitrogens with one attached hydrogen (secondary N) is 2. The molecule has 1 amide bonds. The predicted molar refractivity (Wildman–Crippen MR) is 79.0 cm³/mol. The van der Waals surface area contributed by atoms with Gasteiger partial charge in [0, 0.05) is 18.1 Å². The first-order chi connectivity index (χ1) is 9.00. The van der Waals surface area contributed by atoms with Crippen LogP contribution in [-0.2, 0) is 0 Å². The number of carbonyl (C=O) groups is 1. The molecule has 1 atom stereocenters. The Morgan fingerprint density at radius 2 is 2.26 bits per heavy atom. The van der Waals surface area contributed by atoms with Crippen LogP contribution >= 0.6 is 23.2 Å². The van der Waals surface area contributed by atoms with Crippen LogP contribution in [0.1, 0.15) is 30.1 Å². The van der Waals surface area contributed by atoms with E-state index in [1.54, 1.807) is 18.2 Å². The van der Waals surface area contributed by atoms with E-state index in [9.17, 15) is 4.79 Å². The lowest BCUT2D eigenvalue weighted by Crippen LogP contribution is -2.45. The van der Waals surface area contributed by atoms with E-state index in [1.165, 1.54) is 0 Å². The van der Waals surface area contributed by atoms with Crippen molar-refractivity contribution in [1.29, 1.82) is 0 Å². The van der Waals surface area contributed by atoms with Crippen LogP contribution in [0, 0.1) is 5.41 Å². The molecule has 2 N–H and O–H groups in total. The van der Waals surface area contributed by atoms with Gasteiger partial charge in [-0.05, 0) is 43.0 Å². The summed E-state index contributed by atoms with van der Waals surface area (Å²) in [5.74, 6) is -0.145. The number of amides is 1. The lowest BCUT2D eigenvalue weighted by molar-refractivity contribution is 0.0925. The Hall–Kier alpha value is -0.770. The molecule has 0 radical (unpaired) electrons. The first-order valence-corrected chi connectivity index (χ1v) is 7.20. The van der Waals surface area contributed by atoms with Gasteiger partial charge >= 0.3 is 0 Å². The van der Waals surface area contributed by atoms with Gasteiger partial charge in [0.15, 0.2) is 0 Å². The van der Waals surface area contributed by atoms with Crippen molar-refractivity contribution in [2.45, 2.75) is 19.8 Å². The first-order valence-electron chi connectivity index (χ1n) is 6.44. The van der Waals surface area contributed by atoms with E-state index in [0.717, 1.165) is 25.9 Å². The zero-order chi connectivity index (χ0) is 13.9. The Labute approximate surface area is 123 Å². The van der Waals surface area contributed by atoms with Crippen molar-refractivity contribution in [2.75, 3.05) is 19.6 Å². The average Bonchev–Trinajstić information content (AvgIpc) is 2.37. The number of hydrogen-bond donors (Lipinski definition) is 2. The summed E-state index contributed by atoms with van der Waals surface area (Å²) >= 11 is 11.8. The van der Waals surface area contributed by atoms with Crippen LogP contribution in [0.3, 0.4) is 0 Å². The molecule has 19 heavy (non-hydrogen) atoms. The van der Waals surface area contributed by atoms with Gasteiger partial charge in [0.1, 0.15) is 0 Å². The molecule has 0 aromatic heterocycles. The molecule has 1 aliphatic heterocycles. The summed E-state index contributed by atoms with van der Waals surface area (Å²) in [6.45, 7) is 4.83.